The molecule has 0 amide bonds. The average Bonchev–Trinajstić information content (AvgIpc) is 3.60. The number of furan rings is 1. The van der Waals surface area contributed by atoms with E-state index in [0.717, 1.165) is 22.7 Å². The summed E-state index contributed by atoms with van der Waals surface area (Å²) in [6, 6.07) is 28.7. The Morgan fingerprint density at radius 3 is 2.41 bits per heavy atom. The highest BCUT2D eigenvalue weighted by Gasteiger charge is 2.42. The Morgan fingerprint density at radius 2 is 1.73 bits per heavy atom. The molecule has 1 aliphatic heterocycles. The van der Waals surface area contributed by atoms with E-state index in [1.54, 1.807) is 18.3 Å². The van der Waals surface area contributed by atoms with Crippen molar-refractivity contribution in [3.8, 4) is 22.8 Å². The summed E-state index contributed by atoms with van der Waals surface area (Å²) < 4.78 is 12.4. The molecule has 2 aromatic heterocycles. The Balaban J connectivity index is 1.36. The van der Waals surface area contributed by atoms with E-state index in [9.17, 15) is 9.90 Å². The van der Waals surface area contributed by atoms with Gasteiger partial charge in [0.1, 0.15) is 29.1 Å². The molecule has 2 unspecified atom stereocenters. The van der Waals surface area contributed by atoms with Crippen LogP contribution in [0.4, 0.5) is 5.69 Å². The number of pyridine rings is 1. The minimum absolute atomic E-state index is 0.118. The van der Waals surface area contributed by atoms with Gasteiger partial charge in [-0.1, -0.05) is 35.4 Å². The number of hydrogen-bond donors (Lipinski definition) is 2. The van der Waals surface area contributed by atoms with Crippen LogP contribution in [0, 0.1) is 6.92 Å². The fourth-order valence-electron chi connectivity index (χ4n) is 4.84. The van der Waals surface area contributed by atoms with Gasteiger partial charge in [0.2, 0.25) is 0 Å². The van der Waals surface area contributed by atoms with E-state index in [-0.39, 0.29) is 11.6 Å². The normalized spacial score (nSPS) is 16.4. The fraction of sp³-hybridized carbons (Fsp3) is 0.0938. The number of aromatic carboxylic acids is 1. The smallest absolute Gasteiger partial charge is 0.335 e. The molecule has 41 heavy (non-hydrogen) atoms. The summed E-state index contributed by atoms with van der Waals surface area (Å²) >= 11 is 12.3. The molecule has 7 nitrogen and oxygen atoms in total. The highest BCUT2D eigenvalue weighted by Crippen LogP contribution is 2.44. The summed E-state index contributed by atoms with van der Waals surface area (Å²) in [5, 5.41) is 13.8. The van der Waals surface area contributed by atoms with Crippen molar-refractivity contribution in [2.75, 3.05) is 4.90 Å². The molecule has 1 saturated heterocycles. The molecular formula is C32H24ClN3O4S. The van der Waals surface area contributed by atoms with E-state index in [2.05, 4.69) is 10.3 Å². The first-order valence-corrected chi connectivity index (χ1v) is 13.6. The predicted octanol–water partition coefficient (Wildman–Crippen LogP) is 7.97. The van der Waals surface area contributed by atoms with Crippen LogP contribution in [0.25, 0.3) is 11.3 Å². The lowest BCUT2D eigenvalue weighted by atomic mass is 10.0. The first-order valence-electron chi connectivity index (χ1n) is 12.9. The molecule has 2 N–H and O–H groups in total. The van der Waals surface area contributed by atoms with Gasteiger partial charge in [0, 0.05) is 17.4 Å². The minimum Gasteiger partial charge on any atom is -0.478 e. The van der Waals surface area contributed by atoms with Crippen LogP contribution >= 0.6 is 23.8 Å². The second kappa shape index (κ2) is 11.1. The maximum Gasteiger partial charge on any atom is 0.335 e. The number of benzene rings is 3. The van der Waals surface area contributed by atoms with E-state index in [0.29, 0.717) is 33.0 Å². The van der Waals surface area contributed by atoms with Crippen molar-refractivity contribution < 1.29 is 19.1 Å². The molecule has 9 heteroatoms. The van der Waals surface area contributed by atoms with Crippen LogP contribution in [0.3, 0.4) is 0 Å². The van der Waals surface area contributed by atoms with Crippen LogP contribution < -0.4 is 15.0 Å². The molecule has 5 aromatic rings. The molecular weight excluding hydrogens is 558 g/mol. The van der Waals surface area contributed by atoms with Gasteiger partial charge in [-0.2, -0.15) is 0 Å². The van der Waals surface area contributed by atoms with Crippen molar-refractivity contribution in [2.24, 2.45) is 0 Å². The molecule has 0 bridgehead atoms. The number of halogens is 1. The van der Waals surface area contributed by atoms with E-state index in [4.69, 9.17) is 33.0 Å². The van der Waals surface area contributed by atoms with Crippen molar-refractivity contribution in [1.82, 2.24) is 10.3 Å². The number of nitrogens with one attached hydrogen (secondary N) is 1. The summed E-state index contributed by atoms with van der Waals surface area (Å²) in [4.78, 5) is 18.1. The van der Waals surface area contributed by atoms with E-state index >= 15 is 0 Å². The van der Waals surface area contributed by atoms with Crippen molar-refractivity contribution in [3.63, 3.8) is 0 Å². The monoisotopic (exact) mass is 581 g/mol. The molecule has 0 aliphatic carbocycles. The first-order chi connectivity index (χ1) is 19.9. The standard InChI is InChI=1S/C32H24ClN3O4S/c1-19-5-10-22(11-6-19)39-23-12-8-21(9-13-23)36-30(29(35-32(36)41)26-4-2-3-17-34-26)28-16-15-27(40-28)24-18-20(31(37)38)7-14-25(24)33/h2-18,29-30H,1H3,(H,35,41)(H,37,38). The van der Waals surface area contributed by atoms with Crippen LogP contribution in [-0.4, -0.2) is 21.2 Å². The third-order valence-electron chi connectivity index (χ3n) is 6.87. The quantitative estimate of drug-likeness (QED) is 0.187. The first kappa shape index (κ1) is 26.6. The maximum atomic E-state index is 11.6. The molecule has 6 rings (SSSR count). The van der Waals surface area contributed by atoms with E-state index in [1.165, 1.54) is 12.1 Å². The van der Waals surface area contributed by atoms with Crippen molar-refractivity contribution >= 4 is 40.6 Å². The molecule has 2 atom stereocenters. The third kappa shape index (κ3) is 5.39. The largest absolute Gasteiger partial charge is 0.478 e. The number of carboxylic acid groups (broad SMARTS) is 1. The molecule has 0 saturated carbocycles. The lowest BCUT2D eigenvalue weighted by Crippen LogP contribution is -2.29. The number of carboxylic acids is 1. The zero-order valence-corrected chi connectivity index (χ0v) is 23.4. The molecule has 0 radical (unpaired) electrons. The zero-order chi connectivity index (χ0) is 28.5. The van der Waals surface area contributed by atoms with Crippen molar-refractivity contribution in [2.45, 2.75) is 19.0 Å². The minimum atomic E-state index is -1.05. The molecule has 0 spiro atoms. The van der Waals surface area contributed by atoms with Crippen molar-refractivity contribution in [3.05, 3.63) is 131 Å². The number of thiocarbonyl (C=S) groups is 1. The van der Waals surface area contributed by atoms with Gasteiger partial charge in [-0.3, -0.25) is 4.98 Å². The Hall–Kier alpha value is -4.66. The highest BCUT2D eigenvalue weighted by molar-refractivity contribution is 7.80. The number of hydrogen-bond acceptors (Lipinski definition) is 5. The van der Waals surface area contributed by atoms with Crippen LogP contribution in [0.5, 0.6) is 11.5 Å². The number of carbonyl (C=O) groups is 1. The topological polar surface area (TPSA) is 87.8 Å². The number of aryl methyl sites for hydroxylation is 1. The summed E-state index contributed by atoms with van der Waals surface area (Å²) in [6.45, 7) is 2.03. The molecule has 3 aromatic carbocycles. The zero-order valence-electron chi connectivity index (χ0n) is 21.8. The molecule has 1 fully saturated rings. The summed E-state index contributed by atoms with van der Waals surface area (Å²) in [6.07, 6.45) is 1.74. The third-order valence-corrected chi connectivity index (χ3v) is 7.51. The van der Waals surface area contributed by atoms with Crippen LogP contribution in [-0.2, 0) is 0 Å². The Kier molecular flexibility index (Phi) is 7.17. The summed E-state index contributed by atoms with van der Waals surface area (Å²) in [5.41, 5.74) is 3.41. The number of ether oxygens (including phenoxy) is 1. The van der Waals surface area contributed by atoms with Gasteiger partial charge >= 0.3 is 5.97 Å². The van der Waals surface area contributed by atoms with Crippen molar-refractivity contribution in [1.29, 1.82) is 0 Å². The number of rotatable bonds is 7. The van der Waals surface area contributed by atoms with E-state index in [1.807, 2.05) is 84.6 Å². The molecule has 204 valence electrons. The van der Waals surface area contributed by atoms with E-state index < -0.39 is 12.0 Å². The summed E-state index contributed by atoms with van der Waals surface area (Å²) in [5.74, 6) is 1.47. The van der Waals surface area contributed by atoms with Gasteiger partial charge in [0.15, 0.2) is 5.11 Å². The lowest BCUT2D eigenvalue weighted by molar-refractivity contribution is 0.0697. The average molecular weight is 582 g/mol. The Bertz CT molecular complexity index is 1720. The Morgan fingerprint density at radius 1 is 1.00 bits per heavy atom. The highest BCUT2D eigenvalue weighted by atomic mass is 35.5. The maximum absolute atomic E-state index is 11.6. The Labute approximate surface area is 247 Å². The molecule has 1 aliphatic rings. The molecule has 3 heterocycles. The van der Waals surface area contributed by atoms with Gasteiger partial charge in [-0.15, -0.1) is 0 Å². The number of aromatic nitrogens is 1. The van der Waals surface area contributed by atoms with Gasteiger partial charge in [-0.25, -0.2) is 4.79 Å². The second-order valence-electron chi connectivity index (χ2n) is 9.61. The SMILES string of the molecule is Cc1ccc(Oc2ccc(N3C(=S)NC(c4ccccn4)C3c3ccc(-c4cc(C(=O)O)ccc4Cl)o3)cc2)cc1. The predicted molar refractivity (Wildman–Crippen MR) is 162 cm³/mol. The fourth-order valence-corrected chi connectivity index (χ4v) is 5.40. The van der Waals surface area contributed by atoms with Crippen LogP contribution in [0.2, 0.25) is 5.02 Å². The van der Waals surface area contributed by atoms with Crippen LogP contribution in [0.1, 0.15) is 39.5 Å². The lowest BCUT2D eigenvalue weighted by Gasteiger charge is -2.26. The van der Waals surface area contributed by atoms with Gasteiger partial charge < -0.3 is 24.5 Å². The number of nitrogens with zero attached hydrogens (tertiary/aromatic N) is 2. The second-order valence-corrected chi connectivity index (χ2v) is 10.4. The summed E-state index contributed by atoms with van der Waals surface area (Å²) in [7, 11) is 0. The van der Waals surface area contributed by atoms with Gasteiger partial charge in [0.05, 0.1) is 22.3 Å². The van der Waals surface area contributed by atoms with Gasteiger partial charge in [-0.05, 0) is 98.0 Å². The number of anilines is 1. The van der Waals surface area contributed by atoms with Gasteiger partial charge in [0.25, 0.3) is 0 Å². The van der Waals surface area contributed by atoms with Crippen LogP contribution in [0.15, 0.2) is 108 Å².